The lowest BCUT2D eigenvalue weighted by molar-refractivity contribution is -0.0896. The first-order valence-corrected chi connectivity index (χ1v) is 10.3. The highest BCUT2D eigenvalue weighted by molar-refractivity contribution is 4.92. The van der Waals surface area contributed by atoms with Crippen molar-refractivity contribution >= 4 is 0 Å². The molecule has 142 valence electrons. The van der Waals surface area contributed by atoms with Crippen LogP contribution in [0.15, 0.2) is 0 Å². The van der Waals surface area contributed by atoms with Gasteiger partial charge in [-0.15, -0.1) is 0 Å². The third-order valence-electron chi connectivity index (χ3n) is 6.71. The first-order chi connectivity index (χ1) is 11.5. The van der Waals surface area contributed by atoms with Crippen molar-refractivity contribution in [2.24, 2.45) is 23.7 Å². The zero-order valence-electron chi connectivity index (χ0n) is 16.9. The van der Waals surface area contributed by atoms with Crippen LogP contribution in [0.2, 0.25) is 0 Å². The van der Waals surface area contributed by atoms with E-state index in [9.17, 15) is 0 Å². The van der Waals surface area contributed by atoms with Crippen molar-refractivity contribution in [2.75, 3.05) is 40.0 Å². The van der Waals surface area contributed by atoms with Crippen molar-refractivity contribution in [3.63, 3.8) is 0 Å². The Morgan fingerprint density at radius 1 is 1.12 bits per heavy atom. The molecule has 0 aromatic heterocycles. The van der Waals surface area contributed by atoms with Crippen LogP contribution in [-0.2, 0) is 9.47 Å². The van der Waals surface area contributed by atoms with E-state index in [2.05, 4.69) is 32.6 Å². The Bertz CT molecular complexity index is 352. The summed E-state index contributed by atoms with van der Waals surface area (Å²) in [5, 5.41) is 0. The molecule has 0 radical (unpaired) electrons. The van der Waals surface area contributed by atoms with Crippen LogP contribution in [-0.4, -0.2) is 50.5 Å². The largest absolute Gasteiger partial charge is 0.385 e. The number of rotatable bonds is 9. The van der Waals surface area contributed by atoms with Crippen LogP contribution in [0.1, 0.15) is 66.2 Å². The Balaban J connectivity index is 1.71. The second-order valence-electron chi connectivity index (χ2n) is 8.87. The molecule has 2 aliphatic rings. The summed E-state index contributed by atoms with van der Waals surface area (Å²) in [5.74, 6) is 3.01. The molecule has 1 aliphatic carbocycles. The molecule has 2 rings (SSSR count). The molecular formula is C21H41NO2. The highest BCUT2D eigenvalue weighted by atomic mass is 16.5. The van der Waals surface area contributed by atoms with Crippen LogP contribution in [0.5, 0.6) is 0 Å². The van der Waals surface area contributed by atoms with E-state index in [0.29, 0.717) is 5.92 Å². The maximum atomic E-state index is 6.56. The van der Waals surface area contributed by atoms with Gasteiger partial charge in [0, 0.05) is 20.3 Å². The summed E-state index contributed by atoms with van der Waals surface area (Å²) in [6.45, 7) is 15.0. The minimum absolute atomic E-state index is 0.128. The van der Waals surface area contributed by atoms with Gasteiger partial charge in [0.1, 0.15) is 0 Å². The van der Waals surface area contributed by atoms with Gasteiger partial charge in [-0.3, -0.25) is 0 Å². The molecule has 0 bridgehead atoms. The third kappa shape index (κ3) is 5.44. The van der Waals surface area contributed by atoms with E-state index in [4.69, 9.17) is 9.47 Å². The Hall–Kier alpha value is -0.120. The minimum Gasteiger partial charge on any atom is -0.385 e. The van der Waals surface area contributed by atoms with Crippen molar-refractivity contribution in [3.05, 3.63) is 0 Å². The molecule has 3 heteroatoms. The fraction of sp³-hybridized carbons (Fsp3) is 1.00. The normalized spacial score (nSPS) is 31.0. The van der Waals surface area contributed by atoms with Crippen molar-refractivity contribution in [1.29, 1.82) is 0 Å². The second kappa shape index (κ2) is 9.54. The predicted octanol–water partition coefficient (Wildman–Crippen LogP) is 4.60. The summed E-state index contributed by atoms with van der Waals surface area (Å²) in [4.78, 5) is 2.61. The predicted molar refractivity (Wildman–Crippen MR) is 101 cm³/mol. The number of hydrogen-bond donors (Lipinski definition) is 0. The molecular weight excluding hydrogens is 298 g/mol. The Morgan fingerprint density at radius 3 is 2.46 bits per heavy atom. The van der Waals surface area contributed by atoms with Crippen molar-refractivity contribution in [1.82, 2.24) is 4.90 Å². The Kier molecular flexibility index (Phi) is 8.03. The average Bonchev–Trinajstić information content (AvgIpc) is 2.96. The van der Waals surface area contributed by atoms with Gasteiger partial charge < -0.3 is 14.4 Å². The van der Waals surface area contributed by atoms with Crippen LogP contribution < -0.4 is 0 Å². The lowest BCUT2D eigenvalue weighted by atomic mass is 9.82. The highest BCUT2D eigenvalue weighted by Crippen LogP contribution is 2.43. The average molecular weight is 340 g/mol. The molecule has 0 aromatic rings. The molecule has 1 aliphatic heterocycles. The molecule has 0 amide bonds. The highest BCUT2D eigenvalue weighted by Gasteiger charge is 2.41. The monoisotopic (exact) mass is 339 g/mol. The second-order valence-corrected chi connectivity index (χ2v) is 8.87. The molecule has 3 unspecified atom stereocenters. The number of nitrogens with zero attached hydrogens (tertiary/aromatic N) is 1. The van der Waals surface area contributed by atoms with E-state index < -0.39 is 0 Å². The van der Waals surface area contributed by atoms with Crippen LogP contribution in [0.4, 0.5) is 0 Å². The van der Waals surface area contributed by atoms with E-state index in [0.717, 1.165) is 37.4 Å². The fourth-order valence-electron chi connectivity index (χ4n) is 5.02. The quantitative estimate of drug-likeness (QED) is 0.573. The van der Waals surface area contributed by atoms with Crippen LogP contribution in [0.25, 0.3) is 0 Å². The maximum Gasteiger partial charge on any atom is 0.0685 e. The maximum absolute atomic E-state index is 6.56. The first-order valence-electron chi connectivity index (χ1n) is 10.3. The van der Waals surface area contributed by atoms with E-state index in [1.165, 1.54) is 51.7 Å². The minimum atomic E-state index is 0.128. The van der Waals surface area contributed by atoms with Crippen LogP contribution in [0.3, 0.4) is 0 Å². The molecule has 1 saturated heterocycles. The van der Waals surface area contributed by atoms with E-state index in [1.807, 2.05) is 0 Å². The van der Waals surface area contributed by atoms with Gasteiger partial charge in [0.05, 0.1) is 12.2 Å². The fourth-order valence-corrected chi connectivity index (χ4v) is 5.02. The number of hydrogen-bond acceptors (Lipinski definition) is 3. The zero-order chi connectivity index (χ0) is 17.6. The van der Waals surface area contributed by atoms with Crippen molar-refractivity contribution in [2.45, 2.75) is 71.8 Å². The third-order valence-corrected chi connectivity index (χ3v) is 6.71. The number of methoxy groups -OCH3 is 1. The summed E-state index contributed by atoms with van der Waals surface area (Å²) in [7, 11) is 1.79. The summed E-state index contributed by atoms with van der Waals surface area (Å²) in [6, 6.07) is 0. The molecule has 1 heterocycles. The van der Waals surface area contributed by atoms with E-state index in [-0.39, 0.29) is 5.60 Å². The zero-order valence-corrected chi connectivity index (χ0v) is 16.9. The summed E-state index contributed by atoms with van der Waals surface area (Å²) >= 11 is 0. The number of piperidine rings is 1. The molecule has 0 spiro atoms. The molecule has 3 nitrogen and oxygen atoms in total. The topological polar surface area (TPSA) is 21.7 Å². The van der Waals surface area contributed by atoms with Gasteiger partial charge in [-0.05, 0) is 75.8 Å². The number of likely N-dealkylation sites (tertiary alicyclic amines) is 1. The van der Waals surface area contributed by atoms with E-state index in [1.54, 1.807) is 7.11 Å². The van der Waals surface area contributed by atoms with Gasteiger partial charge in [-0.2, -0.15) is 0 Å². The molecule has 3 atom stereocenters. The van der Waals surface area contributed by atoms with Gasteiger partial charge >= 0.3 is 0 Å². The van der Waals surface area contributed by atoms with Crippen molar-refractivity contribution in [3.8, 4) is 0 Å². The molecule has 1 saturated carbocycles. The number of ether oxygens (including phenoxy) is 2. The van der Waals surface area contributed by atoms with Gasteiger partial charge in [-0.1, -0.05) is 27.2 Å². The van der Waals surface area contributed by atoms with Crippen LogP contribution in [0, 0.1) is 23.7 Å². The molecule has 2 fully saturated rings. The lowest BCUT2D eigenvalue weighted by Crippen LogP contribution is -2.40. The van der Waals surface area contributed by atoms with Gasteiger partial charge in [-0.25, -0.2) is 0 Å². The van der Waals surface area contributed by atoms with Gasteiger partial charge in [0.2, 0.25) is 0 Å². The summed E-state index contributed by atoms with van der Waals surface area (Å²) in [6.07, 6.45) is 7.77. The van der Waals surface area contributed by atoms with Crippen LogP contribution >= 0.6 is 0 Å². The molecule has 0 aromatic carbocycles. The lowest BCUT2D eigenvalue weighted by Gasteiger charge is -2.38. The first kappa shape index (κ1) is 20.2. The van der Waals surface area contributed by atoms with Gasteiger partial charge in [0.25, 0.3) is 0 Å². The Labute approximate surface area is 150 Å². The van der Waals surface area contributed by atoms with Crippen molar-refractivity contribution < 1.29 is 9.47 Å². The molecule has 0 N–H and O–H groups in total. The summed E-state index contributed by atoms with van der Waals surface area (Å²) < 4.78 is 11.7. The Morgan fingerprint density at radius 2 is 1.83 bits per heavy atom. The smallest absolute Gasteiger partial charge is 0.0685 e. The van der Waals surface area contributed by atoms with E-state index >= 15 is 0 Å². The SMILES string of the molecule is COCCCN1CCC(C(C)COC2(C)CCCC2C(C)C)CC1. The van der Waals surface area contributed by atoms with Gasteiger partial charge in [0.15, 0.2) is 0 Å². The summed E-state index contributed by atoms with van der Waals surface area (Å²) in [5.41, 5.74) is 0.128. The molecule has 24 heavy (non-hydrogen) atoms. The standard InChI is InChI=1S/C21H41NO2/c1-17(2)20-8-6-11-21(20,4)24-16-18(3)19-9-13-22(14-10-19)12-7-15-23-5/h17-20H,6-16H2,1-5H3.